The lowest BCUT2D eigenvalue weighted by molar-refractivity contribution is -0.119. The highest BCUT2D eigenvalue weighted by atomic mass is 16.2. The number of carbonyl (C=O) groups is 1. The first-order valence-electron chi connectivity index (χ1n) is 5.61. The number of nitrogens with zero attached hydrogens (tertiary/aromatic N) is 1. The van der Waals surface area contributed by atoms with Crippen LogP contribution in [0.3, 0.4) is 0 Å². The number of benzene rings is 1. The molecule has 0 aliphatic rings. The number of anilines is 1. The lowest BCUT2D eigenvalue weighted by Gasteiger charge is -2.09. The molecule has 2 rings (SSSR count). The Hall–Kier alpha value is -1.88. The average Bonchev–Trinajstić information content (AvgIpc) is 2.71. The summed E-state index contributed by atoms with van der Waals surface area (Å²) in [7, 11) is 1.82. The molecule has 0 aliphatic carbocycles. The van der Waals surface area contributed by atoms with Crippen molar-refractivity contribution in [3.8, 4) is 0 Å². The normalized spacial score (nSPS) is 12.6. The largest absolute Gasteiger partial charge is 0.324 e. The van der Waals surface area contributed by atoms with Crippen LogP contribution in [-0.4, -0.2) is 29.5 Å². The Bertz CT molecular complexity index is 487. The SMILES string of the molecule is CNCC(C)C(=O)Nc1nc2ccccc2[nH]1. The van der Waals surface area contributed by atoms with E-state index in [1.54, 1.807) is 0 Å². The molecular formula is C12H16N4O. The Balaban J connectivity index is 2.10. The van der Waals surface area contributed by atoms with Gasteiger partial charge in [-0.15, -0.1) is 0 Å². The zero-order chi connectivity index (χ0) is 12.3. The van der Waals surface area contributed by atoms with Crippen LogP contribution in [0.1, 0.15) is 6.92 Å². The van der Waals surface area contributed by atoms with Gasteiger partial charge in [-0.25, -0.2) is 4.98 Å². The van der Waals surface area contributed by atoms with Crippen molar-refractivity contribution in [2.75, 3.05) is 18.9 Å². The molecule has 1 atom stereocenters. The Morgan fingerprint density at radius 3 is 2.94 bits per heavy atom. The van der Waals surface area contributed by atoms with Gasteiger partial charge in [0.15, 0.2) is 0 Å². The van der Waals surface area contributed by atoms with Crippen LogP contribution in [0.2, 0.25) is 0 Å². The smallest absolute Gasteiger partial charge is 0.230 e. The highest BCUT2D eigenvalue weighted by Gasteiger charge is 2.13. The van der Waals surface area contributed by atoms with Crippen molar-refractivity contribution in [1.29, 1.82) is 0 Å². The molecule has 5 heteroatoms. The van der Waals surface area contributed by atoms with Crippen molar-refractivity contribution in [2.24, 2.45) is 5.92 Å². The van der Waals surface area contributed by atoms with E-state index in [-0.39, 0.29) is 11.8 Å². The van der Waals surface area contributed by atoms with Gasteiger partial charge in [0.2, 0.25) is 11.9 Å². The van der Waals surface area contributed by atoms with E-state index in [1.807, 2.05) is 38.2 Å². The molecule has 0 bridgehead atoms. The summed E-state index contributed by atoms with van der Waals surface area (Å²) in [6, 6.07) is 7.67. The van der Waals surface area contributed by atoms with Gasteiger partial charge in [-0.05, 0) is 19.2 Å². The molecule has 5 nitrogen and oxygen atoms in total. The first-order chi connectivity index (χ1) is 8.20. The first-order valence-corrected chi connectivity index (χ1v) is 5.61. The van der Waals surface area contributed by atoms with Gasteiger partial charge < -0.3 is 10.3 Å². The van der Waals surface area contributed by atoms with Gasteiger partial charge >= 0.3 is 0 Å². The molecule has 1 aromatic heterocycles. The number of nitrogens with one attached hydrogen (secondary N) is 3. The van der Waals surface area contributed by atoms with E-state index in [4.69, 9.17) is 0 Å². The molecule has 2 aromatic rings. The van der Waals surface area contributed by atoms with E-state index < -0.39 is 0 Å². The minimum atomic E-state index is -0.0896. The summed E-state index contributed by atoms with van der Waals surface area (Å²) >= 11 is 0. The third-order valence-electron chi connectivity index (χ3n) is 2.59. The molecule has 0 radical (unpaired) electrons. The standard InChI is InChI=1S/C12H16N4O/c1-8(7-13-2)11(17)16-12-14-9-5-3-4-6-10(9)15-12/h3-6,8,13H,7H2,1-2H3,(H2,14,15,16,17). The predicted octanol–water partition coefficient (Wildman–Crippen LogP) is 1.36. The molecule has 0 aliphatic heterocycles. The summed E-state index contributed by atoms with van der Waals surface area (Å²) in [5, 5.41) is 5.74. The van der Waals surface area contributed by atoms with E-state index >= 15 is 0 Å². The zero-order valence-electron chi connectivity index (χ0n) is 9.95. The van der Waals surface area contributed by atoms with E-state index in [0.717, 1.165) is 11.0 Å². The zero-order valence-corrected chi connectivity index (χ0v) is 9.95. The van der Waals surface area contributed by atoms with Crippen molar-refractivity contribution >= 4 is 22.9 Å². The number of para-hydroxylation sites is 2. The van der Waals surface area contributed by atoms with E-state index in [1.165, 1.54) is 0 Å². The summed E-state index contributed by atoms with van der Waals surface area (Å²) in [5.74, 6) is 0.366. The summed E-state index contributed by atoms with van der Waals surface area (Å²) in [4.78, 5) is 19.1. The Kier molecular flexibility index (Phi) is 3.39. The maximum absolute atomic E-state index is 11.8. The minimum Gasteiger partial charge on any atom is -0.324 e. The Morgan fingerprint density at radius 2 is 2.24 bits per heavy atom. The molecule has 0 spiro atoms. The van der Waals surface area contributed by atoms with Gasteiger partial charge in [0.1, 0.15) is 0 Å². The Labute approximate surface area is 99.6 Å². The van der Waals surface area contributed by atoms with Crippen LogP contribution in [0.5, 0.6) is 0 Å². The molecule has 0 saturated carbocycles. The number of H-pyrrole nitrogens is 1. The van der Waals surface area contributed by atoms with Crippen LogP contribution in [0.15, 0.2) is 24.3 Å². The van der Waals surface area contributed by atoms with Crippen molar-refractivity contribution in [2.45, 2.75) is 6.92 Å². The third kappa shape index (κ3) is 2.62. The van der Waals surface area contributed by atoms with Crippen LogP contribution in [0.4, 0.5) is 5.95 Å². The van der Waals surface area contributed by atoms with E-state index in [2.05, 4.69) is 20.6 Å². The monoisotopic (exact) mass is 232 g/mol. The van der Waals surface area contributed by atoms with Crippen molar-refractivity contribution < 1.29 is 4.79 Å². The van der Waals surface area contributed by atoms with Crippen molar-refractivity contribution in [1.82, 2.24) is 15.3 Å². The van der Waals surface area contributed by atoms with Crippen LogP contribution in [0.25, 0.3) is 11.0 Å². The highest BCUT2D eigenvalue weighted by Crippen LogP contribution is 2.13. The second-order valence-corrected chi connectivity index (χ2v) is 4.05. The van der Waals surface area contributed by atoms with Crippen molar-refractivity contribution in [3.05, 3.63) is 24.3 Å². The van der Waals surface area contributed by atoms with E-state index in [0.29, 0.717) is 12.5 Å². The lowest BCUT2D eigenvalue weighted by Crippen LogP contribution is -2.28. The number of carbonyl (C=O) groups excluding carboxylic acids is 1. The Morgan fingerprint density at radius 1 is 1.47 bits per heavy atom. The molecule has 1 amide bonds. The minimum absolute atomic E-state index is 0.0431. The number of rotatable bonds is 4. The molecule has 1 aromatic carbocycles. The lowest BCUT2D eigenvalue weighted by atomic mass is 10.2. The number of aromatic amines is 1. The van der Waals surface area contributed by atoms with Crippen LogP contribution < -0.4 is 10.6 Å². The third-order valence-corrected chi connectivity index (χ3v) is 2.59. The van der Waals surface area contributed by atoms with E-state index in [9.17, 15) is 4.79 Å². The van der Waals surface area contributed by atoms with Crippen LogP contribution in [0, 0.1) is 5.92 Å². The number of hydrogen-bond donors (Lipinski definition) is 3. The molecule has 1 heterocycles. The van der Waals surface area contributed by atoms with Gasteiger partial charge in [-0.2, -0.15) is 0 Å². The number of fused-ring (bicyclic) bond motifs is 1. The summed E-state index contributed by atoms with van der Waals surface area (Å²) in [6.45, 7) is 2.51. The molecule has 0 saturated heterocycles. The highest BCUT2D eigenvalue weighted by molar-refractivity contribution is 5.92. The fraction of sp³-hybridized carbons (Fsp3) is 0.333. The molecular weight excluding hydrogens is 216 g/mol. The molecule has 90 valence electrons. The maximum Gasteiger partial charge on any atom is 0.230 e. The molecule has 0 fully saturated rings. The second-order valence-electron chi connectivity index (χ2n) is 4.05. The first kappa shape index (κ1) is 11.6. The molecule has 3 N–H and O–H groups in total. The average molecular weight is 232 g/mol. The van der Waals surface area contributed by atoms with Gasteiger partial charge in [-0.3, -0.25) is 10.1 Å². The number of hydrogen-bond acceptors (Lipinski definition) is 3. The number of imidazole rings is 1. The quantitative estimate of drug-likeness (QED) is 0.745. The second kappa shape index (κ2) is 4.97. The van der Waals surface area contributed by atoms with Gasteiger partial charge in [0.05, 0.1) is 11.0 Å². The maximum atomic E-state index is 11.8. The van der Waals surface area contributed by atoms with Gasteiger partial charge in [-0.1, -0.05) is 19.1 Å². The molecule has 17 heavy (non-hydrogen) atoms. The summed E-state index contributed by atoms with van der Waals surface area (Å²) < 4.78 is 0. The summed E-state index contributed by atoms with van der Waals surface area (Å²) in [5.41, 5.74) is 1.77. The predicted molar refractivity (Wildman–Crippen MR) is 67.8 cm³/mol. The fourth-order valence-corrected chi connectivity index (χ4v) is 1.65. The van der Waals surface area contributed by atoms with Crippen molar-refractivity contribution in [3.63, 3.8) is 0 Å². The summed E-state index contributed by atoms with van der Waals surface area (Å²) in [6.07, 6.45) is 0. The van der Waals surface area contributed by atoms with Gasteiger partial charge in [0, 0.05) is 12.5 Å². The number of aromatic nitrogens is 2. The molecule has 1 unspecified atom stereocenters. The van der Waals surface area contributed by atoms with Crippen LogP contribution >= 0.6 is 0 Å². The number of amides is 1. The van der Waals surface area contributed by atoms with Crippen LogP contribution in [-0.2, 0) is 4.79 Å². The van der Waals surface area contributed by atoms with Gasteiger partial charge in [0.25, 0.3) is 0 Å². The topological polar surface area (TPSA) is 69.8 Å². The fourth-order valence-electron chi connectivity index (χ4n) is 1.65.